The molecule has 166 valence electrons. The molecule has 2 aromatic rings. The maximum atomic E-state index is 13.2. The number of aliphatic hydroxyl groups excluding tert-OH is 1. The van der Waals surface area contributed by atoms with Crippen molar-refractivity contribution in [2.75, 3.05) is 6.61 Å². The third-order valence-corrected chi connectivity index (χ3v) is 5.35. The van der Waals surface area contributed by atoms with Gasteiger partial charge in [-0.05, 0) is 30.2 Å². The van der Waals surface area contributed by atoms with Crippen molar-refractivity contribution < 1.29 is 14.6 Å². The van der Waals surface area contributed by atoms with Crippen LogP contribution in [0.1, 0.15) is 69.3 Å². The van der Waals surface area contributed by atoms with E-state index in [2.05, 4.69) is 38.1 Å². The van der Waals surface area contributed by atoms with Crippen molar-refractivity contribution in [3.05, 3.63) is 47.7 Å². The number of benzene rings is 1. The number of carbonyl (C=O) groups is 1. The molecule has 2 unspecified atom stereocenters. The lowest BCUT2D eigenvalue weighted by Gasteiger charge is -2.28. The predicted octanol–water partition coefficient (Wildman–Crippen LogP) is 4.43. The molecule has 0 radical (unpaired) electrons. The summed E-state index contributed by atoms with van der Waals surface area (Å²) in [4.78, 5) is 13.2. The third kappa shape index (κ3) is 6.87. The van der Waals surface area contributed by atoms with Crippen LogP contribution in [0, 0.1) is 11.8 Å². The second-order valence-corrected chi connectivity index (χ2v) is 8.25. The van der Waals surface area contributed by atoms with E-state index in [1.54, 1.807) is 4.68 Å². The number of nitrogens with one attached hydrogen (secondary N) is 1. The fraction of sp³-hybridized carbons (Fsp3) is 0.583. The zero-order valence-corrected chi connectivity index (χ0v) is 18.8. The van der Waals surface area contributed by atoms with Gasteiger partial charge in [-0.25, -0.2) is 4.68 Å². The number of hydrogen-bond donors (Lipinski definition) is 2. The molecule has 0 spiro atoms. The van der Waals surface area contributed by atoms with Crippen molar-refractivity contribution in [2.24, 2.45) is 11.8 Å². The van der Waals surface area contributed by atoms with Crippen LogP contribution in [0.25, 0.3) is 0 Å². The van der Waals surface area contributed by atoms with Gasteiger partial charge < -0.3 is 15.2 Å². The first-order valence-electron chi connectivity index (χ1n) is 11.1. The standard InChI is InChI=1S/C24H37N3O3/c1-5-10-22(20(6-2)15-18(3)4)26-23(29)21-16-25-27(13-14-28)24(21)30-17-19-11-8-7-9-12-19/h7-9,11-12,16,18,20,22,28H,5-6,10,13-15,17H2,1-4H3,(H,26,29). The minimum Gasteiger partial charge on any atom is -0.472 e. The highest BCUT2D eigenvalue weighted by Gasteiger charge is 2.26. The number of nitrogens with zero attached hydrogens (tertiary/aromatic N) is 2. The number of rotatable bonds is 13. The van der Waals surface area contributed by atoms with Crippen molar-refractivity contribution in [1.82, 2.24) is 15.1 Å². The molecule has 0 fully saturated rings. The number of amides is 1. The smallest absolute Gasteiger partial charge is 0.258 e. The molecule has 1 amide bonds. The molecule has 1 heterocycles. The molecule has 2 rings (SSSR count). The molecule has 1 aromatic carbocycles. The van der Waals surface area contributed by atoms with Crippen LogP contribution in [0.2, 0.25) is 0 Å². The summed E-state index contributed by atoms with van der Waals surface area (Å²) in [5.41, 5.74) is 1.42. The van der Waals surface area contributed by atoms with Gasteiger partial charge >= 0.3 is 0 Å². The quantitative estimate of drug-likeness (QED) is 0.508. The van der Waals surface area contributed by atoms with Gasteiger partial charge in [-0.1, -0.05) is 70.9 Å². The molecule has 2 N–H and O–H groups in total. The summed E-state index contributed by atoms with van der Waals surface area (Å²) >= 11 is 0. The van der Waals surface area contributed by atoms with Gasteiger partial charge in [0.2, 0.25) is 5.88 Å². The van der Waals surface area contributed by atoms with E-state index in [1.807, 2.05) is 30.3 Å². The maximum absolute atomic E-state index is 13.2. The number of ether oxygens (including phenoxy) is 1. The first-order chi connectivity index (χ1) is 14.5. The SMILES string of the molecule is CCCC(NC(=O)c1cnn(CCO)c1OCc1ccccc1)C(CC)CC(C)C. The average Bonchev–Trinajstić information content (AvgIpc) is 3.13. The average molecular weight is 416 g/mol. The molecule has 6 heteroatoms. The first kappa shape index (κ1) is 23.9. The van der Waals surface area contributed by atoms with Crippen molar-refractivity contribution in [2.45, 2.75) is 72.6 Å². The van der Waals surface area contributed by atoms with Crippen LogP contribution < -0.4 is 10.1 Å². The highest BCUT2D eigenvalue weighted by molar-refractivity contribution is 5.96. The Bertz CT molecular complexity index is 758. The summed E-state index contributed by atoms with van der Waals surface area (Å²) in [5.74, 6) is 1.26. The van der Waals surface area contributed by atoms with Gasteiger partial charge in [0.05, 0.1) is 19.3 Å². The Balaban J connectivity index is 2.19. The third-order valence-electron chi connectivity index (χ3n) is 5.35. The van der Waals surface area contributed by atoms with Gasteiger partial charge in [0.1, 0.15) is 12.2 Å². The van der Waals surface area contributed by atoms with Crippen molar-refractivity contribution >= 4 is 5.91 Å². The minimum absolute atomic E-state index is 0.0742. The van der Waals surface area contributed by atoms with Crippen molar-refractivity contribution in [3.63, 3.8) is 0 Å². The molecule has 30 heavy (non-hydrogen) atoms. The molecule has 0 saturated heterocycles. The van der Waals surface area contributed by atoms with Crippen LogP contribution in [-0.2, 0) is 13.2 Å². The lowest BCUT2D eigenvalue weighted by molar-refractivity contribution is 0.0906. The van der Waals surface area contributed by atoms with E-state index in [0.29, 0.717) is 29.9 Å². The van der Waals surface area contributed by atoms with E-state index in [1.165, 1.54) is 6.20 Å². The van der Waals surface area contributed by atoms with Crippen LogP contribution in [0.4, 0.5) is 0 Å². The summed E-state index contributed by atoms with van der Waals surface area (Å²) in [6.45, 7) is 9.33. The van der Waals surface area contributed by atoms with E-state index < -0.39 is 0 Å². The summed E-state index contributed by atoms with van der Waals surface area (Å²) in [6, 6.07) is 9.92. The number of carbonyl (C=O) groups excluding carboxylic acids is 1. The fourth-order valence-electron chi connectivity index (χ4n) is 3.87. The summed E-state index contributed by atoms with van der Waals surface area (Å²) < 4.78 is 7.54. The van der Waals surface area contributed by atoms with E-state index >= 15 is 0 Å². The maximum Gasteiger partial charge on any atom is 0.258 e. The second kappa shape index (κ2) is 12.4. The van der Waals surface area contributed by atoms with Crippen molar-refractivity contribution in [3.8, 4) is 5.88 Å². The van der Waals surface area contributed by atoms with Crippen LogP contribution >= 0.6 is 0 Å². The van der Waals surface area contributed by atoms with Gasteiger partial charge in [0, 0.05) is 6.04 Å². The number of hydrogen-bond acceptors (Lipinski definition) is 4. The zero-order chi connectivity index (χ0) is 21.9. The number of aliphatic hydroxyl groups is 1. The normalized spacial score (nSPS) is 13.3. The van der Waals surface area contributed by atoms with Gasteiger partial charge in [0.25, 0.3) is 5.91 Å². The minimum atomic E-state index is -0.164. The lowest BCUT2D eigenvalue weighted by atomic mass is 9.86. The largest absolute Gasteiger partial charge is 0.472 e. The molecular formula is C24H37N3O3. The summed E-state index contributed by atoms with van der Waals surface area (Å²) in [6.07, 6.45) is 5.62. The Morgan fingerprint density at radius 2 is 1.97 bits per heavy atom. The van der Waals surface area contributed by atoms with Gasteiger partial charge in [-0.3, -0.25) is 4.79 Å². The summed E-state index contributed by atoms with van der Waals surface area (Å²) in [5, 5.41) is 16.9. The molecule has 6 nitrogen and oxygen atoms in total. The van der Waals surface area contributed by atoms with Crippen LogP contribution in [0.15, 0.2) is 36.5 Å². The van der Waals surface area contributed by atoms with Gasteiger partial charge in [0.15, 0.2) is 0 Å². The van der Waals surface area contributed by atoms with E-state index in [0.717, 1.165) is 31.2 Å². The first-order valence-corrected chi connectivity index (χ1v) is 11.1. The molecule has 0 saturated carbocycles. The molecule has 0 aliphatic carbocycles. The van der Waals surface area contributed by atoms with Crippen LogP contribution in [-0.4, -0.2) is 33.4 Å². The Morgan fingerprint density at radius 1 is 1.23 bits per heavy atom. The molecular weight excluding hydrogens is 378 g/mol. The Kier molecular flexibility index (Phi) is 9.87. The second-order valence-electron chi connectivity index (χ2n) is 8.25. The van der Waals surface area contributed by atoms with E-state index in [9.17, 15) is 9.90 Å². The van der Waals surface area contributed by atoms with Crippen LogP contribution in [0.5, 0.6) is 5.88 Å². The molecule has 0 bridgehead atoms. The molecule has 0 aliphatic heterocycles. The highest BCUT2D eigenvalue weighted by atomic mass is 16.5. The van der Waals surface area contributed by atoms with Gasteiger partial charge in [-0.2, -0.15) is 5.10 Å². The Hall–Kier alpha value is -2.34. The van der Waals surface area contributed by atoms with Crippen LogP contribution in [0.3, 0.4) is 0 Å². The molecule has 0 aliphatic rings. The molecule has 1 aromatic heterocycles. The topological polar surface area (TPSA) is 76.4 Å². The van der Waals surface area contributed by atoms with Gasteiger partial charge in [-0.15, -0.1) is 0 Å². The monoisotopic (exact) mass is 415 g/mol. The van der Waals surface area contributed by atoms with E-state index in [-0.39, 0.29) is 25.1 Å². The number of aromatic nitrogens is 2. The summed E-state index contributed by atoms with van der Waals surface area (Å²) in [7, 11) is 0. The Labute approximate surface area is 180 Å². The lowest BCUT2D eigenvalue weighted by Crippen LogP contribution is -2.40. The Morgan fingerprint density at radius 3 is 2.57 bits per heavy atom. The van der Waals surface area contributed by atoms with E-state index in [4.69, 9.17) is 4.74 Å². The predicted molar refractivity (Wildman–Crippen MR) is 119 cm³/mol. The fourth-order valence-corrected chi connectivity index (χ4v) is 3.87. The zero-order valence-electron chi connectivity index (χ0n) is 18.8. The van der Waals surface area contributed by atoms with Crippen molar-refractivity contribution in [1.29, 1.82) is 0 Å². The molecule has 2 atom stereocenters. The highest BCUT2D eigenvalue weighted by Crippen LogP contribution is 2.24.